The Kier molecular flexibility index (Phi) is 8.06. The second kappa shape index (κ2) is 11.2. The van der Waals surface area contributed by atoms with Gasteiger partial charge in [0.05, 0.1) is 27.8 Å². The van der Waals surface area contributed by atoms with Gasteiger partial charge in [-0.25, -0.2) is 13.4 Å². The molecule has 0 atom stereocenters. The molecular weight excluding hydrogens is 530 g/mol. The molecular formula is C27H24ClN3O4S2. The monoisotopic (exact) mass is 553 g/mol. The van der Waals surface area contributed by atoms with Crippen LogP contribution in [0.5, 0.6) is 0 Å². The highest BCUT2D eigenvalue weighted by molar-refractivity contribution is 7.91. The Morgan fingerprint density at radius 1 is 1.00 bits per heavy atom. The number of anilines is 2. The maximum Gasteiger partial charge on any atom is 0.230 e. The lowest BCUT2D eigenvalue weighted by Crippen LogP contribution is -2.14. The number of aromatic nitrogens is 1. The zero-order valence-electron chi connectivity index (χ0n) is 20.1. The third-order valence-corrected chi connectivity index (χ3v) is 8.70. The molecule has 0 aliphatic carbocycles. The van der Waals surface area contributed by atoms with Crippen molar-refractivity contribution in [3.05, 3.63) is 93.8 Å². The van der Waals surface area contributed by atoms with Crippen LogP contribution < -0.4 is 10.6 Å². The molecule has 0 saturated carbocycles. The van der Waals surface area contributed by atoms with Crippen molar-refractivity contribution in [3.8, 4) is 11.3 Å². The quantitative estimate of drug-likeness (QED) is 0.257. The van der Waals surface area contributed by atoms with Gasteiger partial charge in [0.25, 0.3) is 0 Å². The van der Waals surface area contributed by atoms with E-state index in [-0.39, 0.29) is 33.9 Å². The molecule has 190 valence electrons. The zero-order chi connectivity index (χ0) is 26.6. The Labute approximate surface area is 224 Å². The topological polar surface area (TPSA) is 105 Å². The first-order chi connectivity index (χ1) is 17.7. The highest BCUT2D eigenvalue weighted by Gasteiger charge is 2.23. The summed E-state index contributed by atoms with van der Waals surface area (Å²) in [5.74, 6) is -0.626. The predicted molar refractivity (Wildman–Crippen MR) is 148 cm³/mol. The third kappa shape index (κ3) is 6.07. The van der Waals surface area contributed by atoms with E-state index in [0.29, 0.717) is 32.3 Å². The molecule has 0 aliphatic rings. The second-order valence-corrected chi connectivity index (χ2v) is 11.8. The molecule has 10 heteroatoms. The lowest BCUT2D eigenvalue weighted by Gasteiger charge is -2.06. The van der Waals surface area contributed by atoms with Gasteiger partial charge in [-0.05, 0) is 42.0 Å². The van der Waals surface area contributed by atoms with Gasteiger partial charge in [-0.1, -0.05) is 66.3 Å². The number of nitrogens with zero attached hydrogens (tertiary/aromatic N) is 1. The number of ketones is 1. The third-order valence-electron chi connectivity index (χ3n) is 5.65. The van der Waals surface area contributed by atoms with Crippen molar-refractivity contribution in [1.82, 2.24) is 4.98 Å². The van der Waals surface area contributed by atoms with Gasteiger partial charge in [0.1, 0.15) is 4.88 Å². The summed E-state index contributed by atoms with van der Waals surface area (Å²) in [6.07, 6.45) is 0.0183. The minimum atomic E-state index is -3.31. The summed E-state index contributed by atoms with van der Waals surface area (Å²) in [7, 11) is -1.52. The highest BCUT2D eigenvalue weighted by Crippen LogP contribution is 2.35. The number of halogens is 1. The van der Waals surface area contributed by atoms with Gasteiger partial charge in [0.15, 0.2) is 15.0 Å². The zero-order valence-corrected chi connectivity index (χ0v) is 22.5. The number of thiazole rings is 1. The Bertz CT molecular complexity index is 1560. The first-order valence-corrected chi connectivity index (χ1v) is 14.3. The van der Waals surface area contributed by atoms with Gasteiger partial charge in [0.2, 0.25) is 11.7 Å². The summed E-state index contributed by atoms with van der Waals surface area (Å²) in [5, 5.41) is 6.45. The molecule has 0 fully saturated rings. The Balaban J connectivity index is 1.63. The van der Waals surface area contributed by atoms with Crippen LogP contribution in [0.1, 0.15) is 27.7 Å². The Morgan fingerprint density at radius 2 is 1.73 bits per heavy atom. The number of sulfone groups is 1. The first-order valence-electron chi connectivity index (χ1n) is 11.4. The number of nitrogens with one attached hydrogen (secondary N) is 2. The largest absolute Gasteiger partial charge is 0.388 e. The molecule has 1 aromatic heterocycles. The average molecular weight is 554 g/mol. The summed E-state index contributed by atoms with van der Waals surface area (Å²) in [4.78, 5) is 31.4. The van der Waals surface area contributed by atoms with Gasteiger partial charge < -0.3 is 10.6 Å². The van der Waals surface area contributed by atoms with Gasteiger partial charge in [-0.2, -0.15) is 0 Å². The molecule has 0 bridgehead atoms. The molecule has 4 rings (SSSR count). The molecule has 1 heterocycles. The summed E-state index contributed by atoms with van der Waals surface area (Å²) in [5.41, 5.74) is 3.00. The summed E-state index contributed by atoms with van der Waals surface area (Å²) >= 11 is 7.37. The molecule has 7 nitrogen and oxygen atoms in total. The van der Waals surface area contributed by atoms with Crippen LogP contribution in [0.25, 0.3) is 11.3 Å². The van der Waals surface area contributed by atoms with Crippen LogP contribution in [0, 0.1) is 0 Å². The fourth-order valence-electron chi connectivity index (χ4n) is 3.64. The fourth-order valence-corrected chi connectivity index (χ4v) is 5.71. The molecule has 0 aliphatic heterocycles. The summed E-state index contributed by atoms with van der Waals surface area (Å²) < 4.78 is 24.0. The number of carbonyl (C=O) groups is 2. The van der Waals surface area contributed by atoms with Crippen molar-refractivity contribution in [2.75, 3.05) is 23.4 Å². The minimum absolute atomic E-state index is 0.00564. The number of amides is 1. The van der Waals surface area contributed by atoms with E-state index >= 15 is 0 Å². The summed E-state index contributed by atoms with van der Waals surface area (Å²) in [6, 6.07) is 20.5. The number of carbonyl (C=O) groups excluding carboxylic acids is 2. The lowest BCUT2D eigenvalue weighted by molar-refractivity contribution is -0.115. The van der Waals surface area contributed by atoms with Crippen LogP contribution in [0.15, 0.2) is 77.7 Å². The standard InChI is InChI=1S/C27H24ClN3O4S2/c1-3-37(34,35)20-13-11-17(12-14-20)15-23(32)30-27-31-24(18-7-6-8-19(16-18)29-2)26(36-27)25(33)21-9-4-5-10-22(21)28/h4-14,16,29H,3,15H2,1-2H3,(H,30,31,32). The Morgan fingerprint density at radius 3 is 2.41 bits per heavy atom. The predicted octanol–water partition coefficient (Wildman–Crippen LogP) is 5.71. The molecule has 2 N–H and O–H groups in total. The minimum Gasteiger partial charge on any atom is -0.388 e. The van der Waals surface area contributed by atoms with Crippen molar-refractivity contribution in [2.24, 2.45) is 0 Å². The number of rotatable bonds is 9. The van der Waals surface area contributed by atoms with Gasteiger partial charge in [0, 0.05) is 23.9 Å². The number of benzene rings is 3. The molecule has 37 heavy (non-hydrogen) atoms. The van der Waals surface area contributed by atoms with Gasteiger partial charge >= 0.3 is 0 Å². The normalized spacial score (nSPS) is 11.2. The second-order valence-electron chi connectivity index (χ2n) is 8.11. The van der Waals surface area contributed by atoms with Crippen molar-refractivity contribution >= 4 is 55.3 Å². The maximum atomic E-state index is 13.5. The van der Waals surface area contributed by atoms with E-state index in [1.165, 1.54) is 12.1 Å². The molecule has 1 amide bonds. The van der Waals surface area contributed by atoms with Crippen LogP contribution in [-0.2, 0) is 21.1 Å². The maximum absolute atomic E-state index is 13.5. The highest BCUT2D eigenvalue weighted by atomic mass is 35.5. The van der Waals surface area contributed by atoms with Crippen LogP contribution in [-0.4, -0.2) is 37.9 Å². The lowest BCUT2D eigenvalue weighted by atomic mass is 10.0. The molecule has 0 saturated heterocycles. The van der Waals surface area contributed by atoms with E-state index in [2.05, 4.69) is 15.6 Å². The van der Waals surface area contributed by atoms with Crippen LogP contribution >= 0.6 is 22.9 Å². The number of hydrogen-bond donors (Lipinski definition) is 2. The molecule has 0 spiro atoms. The van der Waals surface area contributed by atoms with E-state index in [9.17, 15) is 18.0 Å². The van der Waals surface area contributed by atoms with Crippen molar-refractivity contribution < 1.29 is 18.0 Å². The molecule has 3 aromatic carbocycles. The van der Waals surface area contributed by atoms with Gasteiger partial charge in [-0.3, -0.25) is 9.59 Å². The van der Waals surface area contributed by atoms with Crippen LogP contribution in [0.2, 0.25) is 5.02 Å². The van der Waals surface area contributed by atoms with Crippen molar-refractivity contribution in [2.45, 2.75) is 18.2 Å². The van der Waals surface area contributed by atoms with E-state index in [1.54, 1.807) is 50.4 Å². The SMILES string of the molecule is CCS(=O)(=O)c1ccc(CC(=O)Nc2nc(-c3cccc(NC)c3)c(C(=O)c3ccccc3Cl)s2)cc1. The van der Waals surface area contributed by atoms with E-state index in [1.807, 2.05) is 24.3 Å². The van der Waals surface area contributed by atoms with Crippen molar-refractivity contribution in [1.29, 1.82) is 0 Å². The number of hydrogen-bond acceptors (Lipinski definition) is 7. The summed E-state index contributed by atoms with van der Waals surface area (Å²) in [6.45, 7) is 1.58. The van der Waals surface area contributed by atoms with Crippen LogP contribution in [0.3, 0.4) is 0 Å². The first kappa shape index (κ1) is 26.5. The van der Waals surface area contributed by atoms with Crippen LogP contribution in [0.4, 0.5) is 10.8 Å². The smallest absolute Gasteiger partial charge is 0.230 e. The molecule has 4 aromatic rings. The average Bonchev–Trinajstić information content (AvgIpc) is 3.32. The van der Waals surface area contributed by atoms with E-state index in [0.717, 1.165) is 17.0 Å². The molecule has 0 radical (unpaired) electrons. The molecule has 0 unspecified atom stereocenters. The van der Waals surface area contributed by atoms with Crippen molar-refractivity contribution in [3.63, 3.8) is 0 Å². The van der Waals surface area contributed by atoms with E-state index < -0.39 is 9.84 Å². The van der Waals surface area contributed by atoms with E-state index in [4.69, 9.17) is 11.6 Å². The fraction of sp³-hybridized carbons (Fsp3) is 0.148. The van der Waals surface area contributed by atoms with Gasteiger partial charge in [-0.15, -0.1) is 0 Å². The Hall–Kier alpha value is -3.53.